The third-order valence-electron chi connectivity index (χ3n) is 6.90. The number of rotatable bonds is 2. The first kappa shape index (κ1) is 68.7. The minimum atomic E-state index is -0.236. The van der Waals surface area contributed by atoms with E-state index in [2.05, 4.69) is 166 Å². The fraction of sp³-hybridized carbons (Fsp3) is 1.00. The summed E-state index contributed by atoms with van der Waals surface area (Å²) in [7, 11) is 3.59. The Bertz CT molecular complexity index is 564. The molecule has 0 rings (SSSR count). The summed E-state index contributed by atoms with van der Waals surface area (Å²) in [5.74, 6) is 0. The minimum Gasteiger partial charge on any atom is -0.392 e. The van der Waals surface area contributed by atoms with Crippen molar-refractivity contribution in [2.75, 3.05) is 14.2 Å². The Morgan fingerprint density at radius 2 is 0.383 bits per heavy atom. The van der Waals surface area contributed by atoms with E-state index >= 15 is 0 Å². The highest BCUT2D eigenvalue weighted by Crippen LogP contribution is 2.37. The zero-order valence-electron chi connectivity index (χ0n) is 34.0. The third-order valence-corrected chi connectivity index (χ3v) is 6.90. The van der Waals surface area contributed by atoms with Crippen molar-refractivity contribution >= 4 is 0 Å². The second-order valence-electron chi connectivity index (χ2n) is 21.0. The number of hydrogen-bond acceptors (Lipinski definition) is 4. The summed E-state index contributed by atoms with van der Waals surface area (Å²) in [6, 6.07) is 0. The SMILES string of the molecule is C.C.C.C.C.CC(C)(C)C(O)C(C)(C)C.CC(C)(C)C(O)C(C)(C)C.COC(C(C)(C)C)C(C)(C)C.COC(C(C)(C)C)C(C)(C)C. The number of aliphatic hydroxyl groups is 2. The van der Waals surface area contributed by atoms with E-state index in [9.17, 15) is 10.2 Å². The molecule has 0 bridgehead atoms. The van der Waals surface area contributed by atoms with Gasteiger partial charge in [-0.25, -0.2) is 0 Å². The molecule has 2 N–H and O–H groups in total. The van der Waals surface area contributed by atoms with Crippen molar-refractivity contribution in [1.29, 1.82) is 0 Å². The van der Waals surface area contributed by atoms with E-state index in [1.165, 1.54) is 0 Å². The quantitative estimate of drug-likeness (QED) is 0.304. The van der Waals surface area contributed by atoms with Crippen LogP contribution < -0.4 is 0 Å². The monoisotopic (exact) mass is 685 g/mol. The molecule has 0 radical (unpaired) electrons. The van der Waals surface area contributed by atoms with Crippen LogP contribution >= 0.6 is 0 Å². The molecule has 0 amide bonds. The van der Waals surface area contributed by atoms with Gasteiger partial charge < -0.3 is 19.7 Å². The first-order chi connectivity index (χ1) is 17.7. The zero-order valence-corrected chi connectivity index (χ0v) is 34.0. The van der Waals surface area contributed by atoms with Gasteiger partial charge in [0, 0.05) is 14.2 Å². The summed E-state index contributed by atoms with van der Waals surface area (Å²) in [4.78, 5) is 0. The van der Waals surface area contributed by atoms with Crippen LogP contribution in [0.4, 0.5) is 0 Å². The molecule has 0 saturated carbocycles. The van der Waals surface area contributed by atoms with Gasteiger partial charge in [-0.05, 0) is 43.3 Å². The van der Waals surface area contributed by atoms with E-state index in [1.807, 2.05) is 0 Å². The van der Waals surface area contributed by atoms with Crippen molar-refractivity contribution < 1.29 is 19.7 Å². The number of ether oxygens (including phenoxy) is 2. The van der Waals surface area contributed by atoms with Gasteiger partial charge in [0.25, 0.3) is 0 Å². The van der Waals surface area contributed by atoms with E-state index in [1.54, 1.807) is 14.2 Å². The third kappa shape index (κ3) is 32.8. The maximum absolute atomic E-state index is 9.72. The lowest BCUT2D eigenvalue weighted by atomic mass is 9.74. The Labute approximate surface area is 304 Å². The summed E-state index contributed by atoms with van der Waals surface area (Å²) in [6.07, 6.45) is 0.157. The molecule has 0 spiro atoms. The second kappa shape index (κ2) is 24.1. The lowest BCUT2D eigenvalue weighted by Crippen LogP contribution is -2.39. The molecule has 0 aromatic heterocycles. The van der Waals surface area contributed by atoms with Gasteiger partial charge in [0.1, 0.15) is 0 Å². The maximum Gasteiger partial charge on any atom is 0.0667 e. The van der Waals surface area contributed by atoms with Gasteiger partial charge in [-0.2, -0.15) is 0 Å². The van der Waals surface area contributed by atoms with E-state index < -0.39 is 0 Å². The number of hydrogen-bond donors (Lipinski definition) is 2. The average molecular weight is 685 g/mol. The Hall–Kier alpha value is -0.160. The van der Waals surface area contributed by atoms with Crippen molar-refractivity contribution in [3.8, 4) is 0 Å². The molecule has 4 heteroatoms. The van der Waals surface area contributed by atoms with Gasteiger partial charge in [0.05, 0.1) is 24.4 Å². The molecule has 0 aliphatic heterocycles. The molecular formula is C43H104O4. The molecule has 47 heavy (non-hydrogen) atoms. The predicted molar refractivity (Wildman–Crippen MR) is 223 cm³/mol. The van der Waals surface area contributed by atoms with Crippen LogP contribution in [-0.4, -0.2) is 48.8 Å². The van der Waals surface area contributed by atoms with Crippen molar-refractivity contribution in [2.45, 2.75) is 228 Å². The van der Waals surface area contributed by atoms with Crippen LogP contribution in [0.3, 0.4) is 0 Å². The standard InChI is InChI=1S/2C10H22O.2C9H20O.5CH4/c2*1-9(2,3)8(11-7)10(4,5)6;2*1-8(2,3)7(10)9(4,5)6;;;;;/h2*8H,1-7H3;2*7,10H,1-6H3;5*1H4. The Kier molecular flexibility index (Phi) is 35.2. The predicted octanol–water partition coefficient (Wildman–Crippen LogP) is 14.2. The minimum absolute atomic E-state index is 0. The van der Waals surface area contributed by atoms with Gasteiger partial charge in [-0.3, -0.25) is 0 Å². The molecule has 0 aromatic carbocycles. The first-order valence-corrected chi connectivity index (χ1v) is 16.1. The van der Waals surface area contributed by atoms with Crippen molar-refractivity contribution in [3.05, 3.63) is 0 Å². The van der Waals surface area contributed by atoms with Gasteiger partial charge in [-0.1, -0.05) is 203 Å². The van der Waals surface area contributed by atoms with E-state index in [0.717, 1.165) is 0 Å². The summed E-state index contributed by atoms with van der Waals surface area (Å²) < 4.78 is 11.0. The fourth-order valence-corrected chi connectivity index (χ4v) is 6.61. The first-order valence-electron chi connectivity index (χ1n) is 16.1. The second-order valence-corrected chi connectivity index (χ2v) is 21.0. The molecule has 0 fully saturated rings. The topological polar surface area (TPSA) is 58.9 Å². The van der Waals surface area contributed by atoms with E-state index in [-0.39, 0.29) is 92.7 Å². The molecule has 0 heterocycles. The molecule has 300 valence electrons. The Balaban J connectivity index is -0.0000000566. The van der Waals surface area contributed by atoms with Crippen LogP contribution in [0.1, 0.15) is 203 Å². The van der Waals surface area contributed by atoms with Gasteiger partial charge in [0.2, 0.25) is 0 Å². The zero-order chi connectivity index (χ0) is 35.7. The molecule has 0 aliphatic carbocycles. The Morgan fingerprint density at radius 1 is 0.277 bits per heavy atom. The maximum atomic E-state index is 9.72. The highest BCUT2D eigenvalue weighted by molar-refractivity contribution is 4.86. The van der Waals surface area contributed by atoms with Gasteiger partial charge in [0.15, 0.2) is 0 Å². The van der Waals surface area contributed by atoms with Crippen LogP contribution in [-0.2, 0) is 9.47 Å². The highest BCUT2D eigenvalue weighted by atomic mass is 16.5. The van der Waals surface area contributed by atoms with E-state index in [4.69, 9.17) is 9.47 Å². The molecular weight excluding hydrogens is 580 g/mol. The lowest BCUT2D eigenvalue weighted by Gasteiger charge is -2.39. The lowest BCUT2D eigenvalue weighted by molar-refractivity contribution is -0.0562. The smallest absolute Gasteiger partial charge is 0.0667 e. The molecule has 0 atom stereocenters. The van der Waals surface area contributed by atoms with Crippen molar-refractivity contribution in [2.24, 2.45) is 43.3 Å². The van der Waals surface area contributed by atoms with Crippen molar-refractivity contribution in [1.82, 2.24) is 0 Å². The van der Waals surface area contributed by atoms with Crippen LogP contribution in [0, 0.1) is 43.3 Å². The largest absolute Gasteiger partial charge is 0.392 e. The summed E-state index contributed by atoms with van der Waals surface area (Å²) >= 11 is 0. The van der Waals surface area contributed by atoms with Gasteiger partial charge in [-0.15, -0.1) is 0 Å². The van der Waals surface area contributed by atoms with Crippen LogP contribution in [0.25, 0.3) is 0 Å². The molecule has 0 aliphatic rings. The molecule has 4 nitrogen and oxygen atoms in total. The molecule has 0 saturated heterocycles. The van der Waals surface area contributed by atoms with Crippen molar-refractivity contribution in [3.63, 3.8) is 0 Å². The molecule has 0 aromatic rings. The fourth-order valence-electron chi connectivity index (χ4n) is 6.61. The normalized spacial score (nSPS) is 12.8. The summed E-state index contributed by atoms with van der Waals surface area (Å²) in [6.45, 7) is 51.3. The highest BCUT2D eigenvalue weighted by Gasteiger charge is 2.36. The Morgan fingerprint density at radius 3 is 0.383 bits per heavy atom. The van der Waals surface area contributed by atoms with Crippen LogP contribution in [0.5, 0.6) is 0 Å². The van der Waals surface area contributed by atoms with Crippen LogP contribution in [0.2, 0.25) is 0 Å². The average Bonchev–Trinajstić information content (AvgIpc) is 2.61. The van der Waals surface area contributed by atoms with E-state index in [0.29, 0.717) is 12.2 Å². The van der Waals surface area contributed by atoms with Crippen LogP contribution in [0.15, 0.2) is 0 Å². The number of methoxy groups -OCH3 is 2. The molecule has 0 unspecified atom stereocenters. The summed E-state index contributed by atoms with van der Waals surface area (Å²) in [5, 5.41) is 19.4. The van der Waals surface area contributed by atoms with Gasteiger partial charge >= 0.3 is 0 Å². The summed E-state index contributed by atoms with van der Waals surface area (Å²) in [5.41, 5.74) is 0.910. The number of aliphatic hydroxyl groups excluding tert-OH is 2.